The number of phenolic OH excluding ortho intramolecular Hbond substituents is 1. The first-order valence-electron chi connectivity index (χ1n) is 9.51. The van der Waals surface area contributed by atoms with Crippen LogP contribution in [0.2, 0.25) is 0 Å². The molecule has 29 heavy (non-hydrogen) atoms. The van der Waals surface area contributed by atoms with Crippen molar-refractivity contribution in [3.63, 3.8) is 0 Å². The normalized spacial score (nSPS) is 13.1. The van der Waals surface area contributed by atoms with Crippen molar-refractivity contribution in [1.82, 2.24) is 19.9 Å². The lowest BCUT2D eigenvalue weighted by atomic mass is 10.0. The van der Waals surface area contributed by atoms with Crippen LogP contribution in [0.3, 0.4) is 0 Å². The quantitative estimate of drug-likeness (QED) is 0.742. The van der Waals surface area contributed by atoms with Crippen LogP contribution in [0, 0.1) is 6.92 Å². The molecule has 1 amide bonds. The van der Waals surface area contributed by atoms with E-state index in [2.05, 4.69) is 4.98 Å². The summed E-state index contributed by atoms with van der Waals surface area (Å²) in [6, 6.07) is 10.7. The number of amides is 1. The average Bonchev–Trinajstić information content (AvgIpc) is 2.72. The van der Waals surface area contributed by atoms with Gasteiger partial charge in [-0.25, -0.2) is 9.97 Å². The molecule has 0 atom stereocenters. The first-order valence-corrected chi connectivity index (χ1v) is 9.51. The van der Waals surface area contributed by atoms with E-state index in [1.165, 1.54) is 0 Å². The van der Waals surface area contributed by atoms with E-state index in [0.29, 0.717) is 36.6 Å². The van der Waals surface area contributed by atoms with Crippen molar-refractivity contribution in [2.45, 2.75) is 19.9 Å². The molecular weight excluding hydrogens is 366 g/mol. The summed E-state index contributed by atoms with van der Waals surface area (Å²) >= 11 is 0. The molecule has 0 bridgehead atoms. The smallest absolute Gasteiger partial charge is 0.257 e. The number of phenols is 1. The molecule has 7 heteroatoms. The molecule has 0 fully saturated rings. The summed E-state index contributed by atoms with van der Waals surface area (Å²) in [5.41, 5.74) is 3.78. The van der Waals surface area contributed by atoms with Gasteiger partial charge >= 0.3 is 0 Å². The predicted molar refractivity (Wildman–Crippen MR) is 111 cm³/mol. The van der Waals surface area contributed by atoms with E-state index in [0.717, 1.165) is 22.6 Å². The monoisotopic (exact) mass is 389 g/mol. The standard InChI is InChI=1S/C22H23N5O2/c1-14-7-8-16(19(28)12-14)22(29)27-11-9-15-18(13-27)24-20(25-21(15)26(2)3)17-6-4-5-10-23-17/h4-8,10,12,28H,9,11,13H2,1-3H3. The Labute approximate surface area is 169 Å². The maximum absolute atomic E-state index is 13.0. The number of pyridine rings is 1. The van der Waals surface area contributed by atoms with Gasteiger partial charge < -0.3 is 14.9 Å². The van der Waals surface area contributed by atoms with E-state index in [9.17, 15) is 9.90 Å². The topological polar surface area (TPSA) is 82.5 Å². The zero-order valence-electron chi connectivity index (χ0n) is 16.8. The van der Waals surface area contributed by atoms with Gasteiger partial charge in [-0.05, 0) is 43.2 Å². The fourth-order valence-corrected chi connectivity index (χ4v) is 3.56. The van der Waals surface area contributed by atoms with Crippen LogP contribution in [0.15, 0.2) is 42.6 Å². The SMILES string of the molecule is Cc1ccc(C(=O)N2CCc3c(nc(-c4ccccn4)nc3N(C)C)C2)c(O)c1. The number of hydrogen-bond acceptors (Lipinski definition) is 6. The molecule has 0 unspecified atom stereocenters. The van der Waals surface area contributed by atoms with Gasteiger partial charge in [0, 0.05) is 32.4 Å². The third-order valence-electron chi connectivity index (χ3n) is 5.03. The van der Waals surface area contributed by atoms with Gasteiger partial charge in [0.1, 0.15) is 17.3 Å². The molecule has 0 spiro atoms. The van der Waals surface area contributed by atoms with Gasteiger partial charge in [-0.2, -0.15) is 0 Å². The number of carbonyl (C=O) groups is 1. The second kappa shape index (κ2) is 7.50. The van der Waals surface area contributed by atoms with Crippen LogP contribution in [0.1, 0.15) is 27.2 Å². The molecular formula is C22H23N5O2. The van der Waals surface area contributed by atoms with Gasteiger partial charge in [-0.15, -0.1) is 0 Å². The van der Waals surface area contributed by atoms with Gasteiger partial charge in [0.15, 0.2) is 5.82 Å². The second-order valence-corrected chi connectivity index (χ2v) is 7.40. The molecule has 148 valence electrons. The number of nitrogens with zero attached hydrogens (tertiary/aromatic N) is 5. The lowest BCUT2D eigenvalue weighted by molar-refractivity contribution is 0.0729. The third-order valence-corrected chi connectivity index (χ3v) is 5.03. The average molecular weight is 389 g/mol. The van der Waals surface area contributed by atoms with E-state index < -0.39 is 0 Å². The number of carbonyl (C=O) groups excluding carboxylic acids is 1. The molecule has 4 rings (SSSR count). The van der Waals surface area contributed by atoms with Gasteiger partial charge in [0.2, 0.25) is 0 Å². The van der Waals surface area contributed by atoms with Crippen molar-refractivity contribution in [3.05, 3.63) is 65.0 Å². The number of aryl methyl sites for hydroxylation is 1. The van der Waals surface area contributed by atoms with Crippen molar-refractivity contribution in [2.24, 2.45) is 0 Å². The molecule has 1 aliphatic heterocycles. The minimum absolute atomic E-state index is 0.00615. The number of anilines is 1. The number of rotatable bonds is 3. The van der Waals surface area contributed by atoms with Gasteiger partial charge in [-0.3, -0.25) is 9.78 Å². The largest absolute Gasteiger partial charge is 0.507 e. The summed E-state index contributed by atoms with van der Waals surface area (Å²) in [6.07, 6.45) is 2.37. The highest BCUT2D eigenvalue weighted by molar-refractivity contribution is 5.97. The van der Waals surface area contributed by atoms with E-state index in [1.54, 1.807) is 23.2 Å². The first kappa shape index (κ1) is 18.9. The lowest BCUT2D eigenvalue weighted by Gasteiger charge is -2.31. The molecule has 0 aliphatic carbocycles. The minimum Gasteiger partial charge on any atom is -0.507 e. The highest BCUT2D eigenvalue weighted by atomic mass is 16.3. The Balaban J connectivity index is 1.71. The summed E-state index contributed by atoms with van der Waals surface area (Å²) in [4.78, 5) is 30.5. The maximum atomic E-state index is 13.0. The van der Waals surface area contributed by atoms with Crippen molar-refractivity contribution in [1.29, 1.82) is 0 Å². The number of aromatic nitrogens is 3. The number of fused-ring (bicyclic) bond motifs is 1. The fourth-order valence-electron chi connectivity index (χ4n) is 3.56. The molecule has 3 aromatic rings. The Bertz CT molecular complexity index is 1070. The van der Waals surface area contributed by atoms with Gasteiger partial charge in [-0.1, -0.05) is 12.1 Å². The molecule has 3 heterocycles. The summed E-state index contributed by atoms with van der Waals surface area (Å²) in [6.45, 7) is 2.79. The van der Waals surface area contributed by atoms with Crippen molar-refractivity contribution < 1.29 is 9.90 Å². The molecule has 1 aliphatic rings. The molecule has 0 saturated carbocycles. The minimum atomic E-state index is -0.197. The predicted octanol–water partition coefficient (Wildman–Crippen LogP) is 2.82. The Morgan fingerprint density at radius 3 is 2.69 bits per heavy atom. The molecule has 1 N–H and O–H groups in total. The maximum Gasteiger partial charge on any atom is 0.257 e. The zero-order chi connectivity index (χ0) is 20.5. The number of hydrogen-bond donors (Lipinski definition) is 1. The van der Waals surface area contributed by atoms with E-state index >= 15 is 0 Å². The summed E-state index contributed by atoms with van der Waals surface area (Å²) in [7, 11) is 3.90. The number of benzene rings is 1. The first-order chi connectivity index (χ1) is 13.9. The van der Waals surface area contributed by atoms with Crippen LogP contribution in [0.25, 0.3) is 11.5 Å². The summed E-state index contributed by atoms with van der Waals surface area (Å²) in [5, 5.41) is 10.2. The van der Waals surface area contributed by atoms with Gasteiger partial charge in [0.25, 0.3) is 5.91 Å². The highest BCUT2D eigenvalue weighted by Crippen LogP contribution is 2.29. The van der Waals surface area contributed by atoms with Crippen LogP contribution < -0.4 is 4.90 Å². The van der Waals surface area contributed by atoms with Gasteiger partial charge in [0.05, 0.1) is 17.8 Å². The third kappa shape index (κ3) is 3.63. The molecule has 7 nitrogen and oxygen atoms in total. The van der Waals surface area contributed by atoms with E-state index in [4.69, 9.17) is 9.97 Å². The highest BCUT2D eigenvalue weighted by Gasteiger charge is 2.28. The molecule has 0 saturated heterocycles. The van der Waals surface area contributed by atoms with Crippen LogP contribution in [-0.2, 0) is 13.0 Å². The van der Waals surface area contributed by atoms with Crippen molar-refractivity contribution >= 4 is 11.7 Å². The Hall–Kier alpha value is -3.48. The molecule has 0 radical (unpaired) electrons. The Morgan fingerprint density at radius 2 is 2.00 bits per heavy atom. The number of aromatic hydroxyl groups is 1. The Kier molecular flexibility index (Phi) is 4.88. The molecule has 1 aromatic carbocycles. The summed E-state index contributed by atoms with van der Waals surface area (Å²) in [5.74, 6) is 1.20. The van der Waals surface area contributed by atoms with E-state index in [-0.39, 0.29) is 11.7 Å². The Morgan fingerprint density at radius 1 is 1.17 bits per heavy atom. The molecule has 2 aromatic heterocycles. The van der Waals surface area contributed by atoms with Crippen LogP contribution in [-0.4, -0.2) is 51.5 Å². The fraction of sp³-hybridized carbons (Fsp3) is 0.273. The second-order valence-electron chi connectivity index (χ2n) is 7.40. The lowest BCUT2D eigenvalue weighted by Crippen LogP contribution is -2.37. The van der Waals surface area contributed by atoms with Crippen LogP contribution >= 0.6 is 0 Å². The van der Waals surface area contributed by atoms with E-state index in [1.807, 2.05) is 50.2 Å². The van der Waals surface area contributed by atoms with Crippen LogP contribution in [0.5, 0.6) is 5.75 Å². The zero-order valence-corrected chi connectivity index (χ0v) is 16.8. The van der Waals surface area contributed by atoms with Crippen molar-refractivity contribution in [3.8, 4) is 17.3 Å². The summed E-state index contributed by atoms with van der Waals surface area (Å²) < 4.78 is 0. The van der Waals surface area contributed by atoms with Crippen LogP contribution in [0.4, 0.5) is 5.82 Å². The van der Waals surface area contributed by atoms with Crippen molar-refractivity contribution in [2.75, 3.05) is 25.5 Å².